The molecule has 110 valence electrons. The lowest BCUT2D eigenvalue weighted by atomic mass is 10.1. The number of nitrogens with one attached hydrogen (secondary N) is 1. The Hall–Kier alpha value is -1.10. The van der Waals surface area contributed by atoms with Gasteiger partial charge in [0.15, 0.2) is 0 Å². The minimum absolute atomic E-state index is 0.0555. The van der Waals surface area contributed by atoms with Gasteiger partial charge >= 0.3 is 0 Å². The highest BCUT2D eigenvalue weighted by Crippen LogP contribution is 2.17. The second-order valence-electron chi connectivity index (χ2n) is 5.28. The van der Waals surface area contributed by atoms with Gasteiger partial charge < -0.3 is 10.2 Å². The van der Waals surface area contributed by atoms with Gasteiger partial charge in [-0.25, -0.2) is 0 Å². The van der Waals surface area contributed by atoms with Gasteiger partial charge in [-0.3, -0.25) is 9.69 Å². The van der Waals surface area contributed by atoms with E-state index in [2.05, 4.69) is 10.2 Å². The van der Waals surface area contributed by atoms with Crippen molar-refractivity contribution >= 4 is 17.5 Å². The van der Waals surface area contributed by atoms with E-state index < -0.39 is 0 Å². The van der Waals surface area contributed by atoms with E-state index in [-0.39, 0.29) is 5.91 Å². The molecule has 0 aliphatic carbocycles. The first kappa shape index (κ1) is 15.3. The van der Waals surface area contributed by atoms with Crippen LogP contribution in [0, 0.1) is 6.92 Å². The Morgan fingerprint density at radius 1 is 1.40 bits per heavy atom. The van der Waals surface area contributed by atoms with Crippen LogP contribution < -0.4 is 5.32 Å². The Morgan fingerprint density at radius 3 is 2.75 bits per heavy atom. The predicted molar refractivity (Wildman–Crippen MR) is 82.5 cm³/mol. The SMILES string of the molecule is Cc1cc(C(=O)N(C)CCN2CCNCC2)ccc1Cl. The van der Waals surface area contributed by atoms with E-state index in [0.717, 1.165) is 44.8 Å². The summed E-state index contributed by atoms with van der Waals surface area (Å²) in [6, 6.07) is 5.43. The lowest BCUT2D eigenvalue weighted by Gasteiger charge is -2.29. The summed E-state index contributed by atoms with van der Waals surface area (Å²) < 4.78 is 0. The molecule has 1 aromatic carbocycles. The molecule has 0 spiro atoms. The van der Waals surface area contributed by atoms with Gasteiger partial charge in [0, 0.05) is 56.9 Å². The van der Waals surface area contributed by atoms with E-state index in [1.54, 1.807) is 17.0 Å². The molecule has 1 fully saturated rings. The molecule has 0 atom stereocenters. The molecule has 1 saturated heterocycles. The first-order valence-electron chi connectivity index (χ1n) is 7.02. The Labute approximate surface area is 125 Å². The Kier molecular flexibility index (Phi) is 5.40. The fraction of sp³-hybridized carbons (Fsp3) is 0.533. The molecule has 1 aliphatic rings. The number of piperazine rings is 1. The molecule has 5 heteroatoms. The number of hydrogen-bond donors (Lipinski definition) is 1. The molecule has 1 N–H and O–H groups in total. The maximum Gasteiger partial charge on any atom is 0.253 e. The number of aryl methyl sites for hydroxylation is 1. The van der Waals surface area contributed by atoms with E-state index in [1.165, 1.54) is 0 Å². The summed E-state index contributed by atoms with van der Waals surface area (Å²) in [4.78, 5) is 16.5. The van der Waals surface area contributed by atoms with Crippen LogP contribution in [0.15, 0.2) is 18.2 Å². The summed E-state index contributed by atoms with van der Waals surface area (Å²) in [5.74, 6) is 0.0555. The molecular formula is C15H22ClN3O. The van der Waals surface area contributed by atoms with Gasteiger partial charge in [0.25, 0.3) is 5.91 Å². The molecule has 0 saturated carbocycles. The van der Waals surface area contributed by atoms with Gasteiger partial charge in [-0.2, -0.15) is 0 Å². The van der Waals surface area contributed by atoms with Gasteiger partial charge in [0.05, 0.1) is 0 Å². The lowest BCUT2D eigenvalue weighted by molar-refractivity contribution is 0.0775. The van der Waals surface area contributed by atoms with Crippen molar-refractivity contribution in [1.29, 1.82) is 0 Å². The molecule has 1 aromatic rings. The van der Waals surface area contributed by atoms with Crippen molar-refractivity contribution in [3.05, 3.63) is 34.3 Å². The number of amides is 1. The van der Waals surface area contributed by atoms with Crippen LogP contribution in [0.3, 0.4) is 0 Å². The molecule has 0 radical (unpaired) electrons. The van der Waals surface area contributed by atoms with Crippen LogP contribution >= 0.6 is 11.6 Å². The molecule has 0 unspecified atom stereocenters. The van der Waals surface area contributed by atoms with Crippen LogP contribution in [0.1, 0.15) is 15.9 Å². The summed E-state index contributed by atoms with van der Waals surface area (Å²) in [5, 5.41) is 4.03. The number of rotatable bonds is 4. The molecule has 1 amide bonds. The zero-order valence-corrected chi connectivity index (χ0v) is 12.9. The van der Waals surface area contributed by atoms with E-state index in [9.17, 15) is 4.79 Å². The van der Waals surface area contributed by atoms with Crippen molar-refractivity contribution in [2.45, 2.75) is 6.92 Å². The molecule has 20 heavy (non-hydrogen) atoms. The molecule has 1 heterocycles. The number of carbonyl (C=O) groups excluding carboxylic acids is 1. The zero-order valence-electron chi connectivity index (χ0n) is 12.2. The first-order chi connectivity index (χ1) is 9.58. The highest BCUT2D eigenvalue weighted by atomic mass is 35.5. The third kappa shape index (κ3) is 3.95. The molecule has 1 aliphatic heterocycles. The Balaban J connectivity index is 1.89. The second kappa shape index (κ2) is 7.07. The number of hydrogen-bond acceptors (Lipinski definition) is 3. The van der Waals surface area contributed by atoms with Gasteiger partial charge in [0.2, 0.25) is 0 Å². The van der Waals surface area contributed by atoms with E-state index in [0.29, 0.717) is 10.6 Å². The quantitative estimate of drug-likeness (QED) is 0.917. The van der Waals surface area contributed by atoms with Crippen LogP contribution in [0.25, 0.3) is 0 Å². The number of halogens is 1. The van der Waals surface area contributed by atoms with Crippen LogP contribution in [0.5, 0.6) is 0 Å². The van der Waals surface area contributed by atoms with Crippen molar-refractivity contribution in [3.63, 3.8) is 0 Å². The van der Waals surface area contributed by atoms with Gasteiger partial charge in [-0.15, -0.1) is 0 Å². The maximum atomic E-state index is 12.3. The summed E-state index contributed by atoms with van der Waals surface area (Å²) in [5.41, 5.74) is 1.64. The molecule has 0 aromatic heterocycles. The smallest absolute Gasteiger partial charge is 0.253 e. The second-order valence-corrected chi connectivity index (χ2v) is 5.69. The lowest BCUT2D eigenvalue weighted by Crippen LogP contribution is -2.46. The maximum absolute atomic E-state index is 12.3. The fourth-order valence-corrected chi connectivity index (χ4v) is 2.44. The van der Waals surface area contributed by atoms with Crippen LogP contribution in [-0.2, 0) is 0 Å². The van der Waals surface area contributed by atoms with E-state index >= 15 is 0 Å². The number of nitrogens with zero attached hydrogens (tertiary/aromatic N) is 2. The number of benzene rings is 1. The average Bonchev–Trinajstić information content (AvgIpc) is 2.48. The minimum Gasteiger partial charge on any atom is -0.340 e. The first-order valence-corrected chi connectivity index (χ1v) is 7.40. The van der Waals surface area contributed by atoms with Crippen molar-refractivity contribution in [3.8, 4) is 0 Å². The van der Waals surface area contributed by atoms with Crippen LogP contribution in [-0.4, -0.2) is 62.0 Å². The third-order valence-electron chi connectivity index (χ3n) is 3.71. The van der Waals surface area contributed by atoms with Crippen LogP contribution in [0.2, 0.25) is 5.02 Å². The summed E-state index contributed by atoms with van der Waals surface area (Å²) >= 11 is 5.99. The Morgan fingerprint density at radius 2 is 2.10 bits per heavy atom. The van der Waals surface area contributed by atoms with Crippen molar-refractivity contribution < 1.29 is 4.79 Å². The predicted octanol–water partition coefficient (Wildman–Crippen LogP) is 1.63. The fourth-order valence-electron chi connectivity index (χ4n) is 2.33. The van der Waals surface area contributed by atoms with Crippen molar-refractivity contribution in [1.82, 2.24) is 15.1 Å². The van der Waals surface area contributed by atoms with Gasteiger partial charge in [-0.1, -0.05) is 11.6 Å². The monoisotopic (exact) mass is 295 g/mol. The van der Waals surface area contributed by atoms with Crippen molar-refractivity contribution in [2.75, 3.05) is 46.3 Å². The number of likely N-dealkylation sites (N-methyl/N-ethyl adjacent to an activating group) is 1. The van der Waals surface area contributed by atoms with Gasteiger partial charge in [0.1, 0.15) is 0 Å². The Bertz CT molecular complexity index is 472. The molecule has 0 bridgehead atoms. The minimum atomic E-state index is 0.0555. The topological polar surface area (TPSA) is 35.6 Å². The van der Waals surface area contributed by atoms with Crippen molar-refractivity contribution in [2.24, 2.45) is 0 Å². The van der Waals surface area contributed by atoms with Crippen LogP contribution in [0.4, 0.5) is 0 Å². The highest BCUT2D eigenvalue weighted by Gasteiger charge is 2.15. The third-order valence-corrected chi connectivity index (χ3v) is 4.14. The standard InChI is InChI=1S/C15H22ClN3O/c1-12-11-13(3-4-14(12)16)15(20)18(2)9-10-19-7-5-17-6-8-19/h3-4,11,17H,5-10H2,1-2H3. The summed E-state index contributed by atoms with van der Waals surface area (Å²) in [6.45, 7) is 7.78. The summed E-state index contributed by atoms with van der Waals surface area (Å²) in [6.07, 6.45) is 0. The number of carbonyl (C=O) groups is 1. The average molecular weight is 296 g/mol. The summed E-state index contributed by atoms with van der Waals surface area (Å²) in [7, 11) is 1.86. The van der Waals surface area contributed by atoms with Gasteiger partial charge in [-0.05, 0) is 30.7 Å². The largest absolute Gasteiger partial charge is 0.340 e. The molecular weight excluding hydrogens is 274 g/mol. The zero-order chi connectivity index (χ0) is 14.5. The van der Waals surface area contributed by atoms with E-state index in [1.807, 2.05) is 20.0 Å². The highest BCUT2D eigenvalue weighted by molar-refractivity contribution is 6.31. The van der Waals surface area contributed by atoms with E-state index in [4.69, 9.17) is 11.6 Å². The molecule has 2 rings (SSSR count). The molecule has 4 nitrogen and oxygen atoms in total. The normalized spacial score (nSPS) is 16.1.